The number of imidazole rings is 1. The first kappa shape index (κ1) is 13.8. The van der Waals surface area contributed by atoms with E-state index < -0.39 is 0 Å². The van der Waals surface area contributed by atoms with Crippen LogP contribution in [0.25, 0.3) is 0 Å². The molecule has 1 N–H and O–H groups in total. The SMILES string of the molecule is Cn1nccc1CCn1cncc1CNC(C)(C)C. The number of aryl methyl sites for hydroxylation is 3. The molecule has 2 rings (SSSR count). The number of hydrogen-bond donors (Lipinski definition) is 1. The Kier molecular flexibility index (Phi) is 4.04. The van der Waals surface area contributed by atoms with Crippen LogP contribution in [0.2, 0.25) is 0 Å². The maximum Gasteiger partial charge on any atom is 0.0948 e. The van der Waals surface area contributed by atoms with Crippen molar-refractivity contribution in [2.24, 2.45) is 7.05 Å². The molecule has 0 aliphatic heterocycles. The lowest BCUT2D eigenvalue weighted by molar-refractivity contribution is 0.415. The molecule has 0 aromatic carbocycles. The Morgan fingerprint density at radius 3 is 2.68 bits per heavy atom. The molecule has 0 saturated heterocycles. The van der Waals surface area contributed by atoms with Gasteiger partial charge in [0.05, 0.1) is 12.0 Å². The van der Waals surface area contributed by atoms with Gasteiger partial charge in [-0.15, -0.1) is 0 Å². The van der Waals surface area contributed by atoms with E-state index in [1.807, 2.05) is 30.5 Å². The van der Waals surface area contributed by atoms with Crippen molar-refractivity contribution < 1.29 is 0 Å². The first-order chi connectivity index (χ1) is 8.96. The summed E-state index contributed by atoms with van der Waals surface area (Å²) in [5.74, 6) is 0. The first-order valence-electron chi connectivity index (χ1n) is 6.66. The van der Waals surface area contributed by atoms with Crippen molar-refractivity contribution in [3.63, 3.8) is 0 Å². The molecule has 0 atom stereocenters. The highest BCUT2D eigenvalue weighted by Gasteiger charge is 2.10. The topological polar surface area (TPSA) is 47.7 Å². The van der Waals surface area contributed by atoms with Crippen LogP contribution in [0.1, 0.15) is 32.2 Å². The van der Waals surface area contributed by atoms with E-state index in [9.17, 15) is 0 Å². The zero-order valence-corrected chi connectivity index (χ0v) is 12.2. The molecule has 2 aromatic rings. The lowest BCUT2D eigenvalue weighted by Crippen LogP contribution is -2.35. The van der Waals surface area contributed by atoms with Crippen LogP contribution in [-0.2, 0) is 26.6 Å². The average molecular weight is 261 g/mol. The molecule has 0 aliphatic carbocycles. The molecule has 0 amide bonds. The molecule has 0 bridgehead atoms. The predicted molar refractivity (Wildman–Crippen MR) is 75.7 cm³/mol. The van der Waals surface area contributed by atoms with Gasteiger partial charge in [-0.1, -0.05) is 0 Å². The number of nitrogens with zero attached hydrogens (tertiary/aromatic N) is 4. The minimum atomic E-state index is 0.122. The second-order valence-electron chi connectivity index (χ2n) is 5.88. The first-order valence-corrected chi connectivity index (χ1v) is 6.66. The quantitative estimate of drug-likeness (QED) is 0.892. The van der Waals surface area contributed by atoms with Crippen molar-refractivity contribution in [1.82, 2.24) is 24.6 Å². The van der Waals surface area contributed by atoms with Crippen LogP contribution in [0, 0.1) is 0 Å². The molecule has 0 fully saturated rings. The number of nitrogens with one attached hydrogen (secondary N) is 1. The lowest BCUT2D eigenvalue weighted by atomic mass is 10.1. The summed E-state index contributed by atoms with van der Waals surface area (Å²) in [5.41, 5.74) is 2.58. The van der Waals surface area contributed by atoms with E-state index in [4.69, 9.17) is 0 Å². The third-order valence-electron chi connectivity index (χ3n) is 3.13. The Hall–Kier alpha value is -1.62. The summed E-state index contributed by atoms with van der Waals surface area (Å²) in [7, 11) is 1.98. The highest BCUT2D eigenvalue weighted by atomic mass is 15.3. The van der Waals surface area contributed by atoms with Gasteiger partial charge in [0.25, 0.3) is 0 Å². The molecule has 5 heteroatoms. The summed E-state index contributed by atoms with van der Waals surface area (Å²) >= 11 is 0. The summed E-state index contributed by atoms with van der Waals surface area (Å²) in [6.45, 7) is 8.28. The Morgan fingerprint density at radius 1 is 1.26 bits per heavy atom. The van der Waals surface area contributed by atoms with E-state index in [1.54, 1.807) is 0 Å². The molecular weight excluding hydrogens is 238 g/mol. The van der Waals surface area contributed by atoms with Crippen molar-refractivity contribution in [3.05, 3.63) is 36.2 Å². The summed E-state index contributed by atoms with van der Waals surface area (Å²) in [6, 6.07) is 2.06. The van der Waals surface area contributed by atoms with Gasteiger partial charge in [-0.2, -0.15) is 5.10 Å². The smallest absolute Gasteiger partial charge is 0.0948 e. The van der Waals surface area contributed by atoms with Gasteiger partial charge < -0.3 is 9.88 Å². The monoisotopic (exact) mass is 261 g/mol. The second-order valence-corrected chi connectivity index (χ2v) is 5.88. The maximum atomic E-state index is 4.25. The standard InChI is InChI=1S/C14H23N5/c1-14(2,3)16-10-13-9-15-11-19(13)8-6-12-5-7-17-18(12)4/h5,7,9,11,16H,6,8,10H2,1-4H3. The lowest BCUT2D eigenvalue weighted by Gasteiger charge is -2.21. The Balaban J connectivity index is 1.94. The Labute approximate surface area is 114 Å². The van der Waals surface area contributed by atoms with Crippen LogP contribution in [0.5, 0.6) is 0 Å². The fourth-order valence-electron chi connectivity index (χ4n) is 1.93. The summed E-state index contributed by atoms with van der Waals surface area (Å²) in [6.07, 6.45) is 6.64. The largest absolute Gasteiger partial charge is 0.333 e. The maximum absolute atomic E-state index is 4.25. The molecule has 0 unspecified atom stereocenters. The van der Waals surface area contributed by atoms with Crippen LogP contribution in [0.3, 0.4) is 0 Å². The average Bonchev–Trinajstić information content (AvgIpc) is 2.91. The molecule has 5 nitrogen and oxygen atoms in total. The van der Waals surface area contributed by atoms with E-state index in [-0.39, 0.29) is 5.54 Å². The van der Waals surface area contributed by atoms with Crippen LogP contribution in [-0.4, -0.2) is 24.9 Å². The van der Waals surface area contributed by atoms with Crippen molar-refractivity contribution in [3.8, 4) is 0 Å². The second kappa shape index (κ2) is 5.57. The van der Waals surface area contributed by atoms with E-state index in [0.29, 0.717) is 0 Å². The number of rotatable bonds is 5. The zero-order chi connectivity index (χ0) is 13.9. The van der Waals surface area contributed by atoms with Gasteiger partial charge in [0.1, 0.15) is 0 Å². The molecule has 2 aromatic heterocycles. The van der Waals surface area contributed by atoms with Gasteiger partial charge in [0.2, 0.25) is 0 Å². The molecule has 104 valence electrons. The van der Waals surface area contributed by atoms with Gasteiger partial charge in [-0.05, 0) is 26.8 Å². The minimum absolute atomic E-state index is 0.122. The van der Waals surface area contributed by atoms with Gasteiger partial charge in [-0.25, -0.2) is 4.98 Å². The highest BCUT2D eigenvalue weighted by Crippen LogP contribution is 2.06. The highest BCUT2D eigenvalue weighted by molar-refractivity contribution is 5.03. The Bertz CT molecular complexity index is 518. The van der Waals surface area contributed by atoms with Crippen molar-refractivity contribution in [2.45, 2.75) is 45.8 Å². The van der Waals surface area contributed by atoms with Crippen molar-refractivity contribution in [1.29, 1.82) is 0 Å². The van der Waals surface area contributed by atoms with Crippen LogP contribution in [0.4, 0.5) is 0 Å². The summed E-state index contributed by atoms with van der Waals surface area (Å²) in [5, 5.41) is 7.68. The predicted octanol–water partition coefficient (Wildman–Crippen LogP) is 1.75. The fraction of sp³-hybridized carbons (Fsp3) is 0.571. The molecular formula is C14H23N5. The third-order valence-corrected chi connectivity index (χ3v) is 3.13. The van der Waals surface area contributed by atoms with E-state index in [2.05, 4.69) is 46.8 Å². The summed E-state index contributed by atoms with van der Waals surface area (Å²) in [4.78, 5) is 4.25. The van der Waals surface area contributed by atoms with Gasteiger partial charge >= 0.3 is 0 Å². The van der Waals surface area contributed by atoms with Gasteiger partial charge in [-0.3, -0.25) is 4.68 Å². The molecule has 2 heterocycles. The number of hydrogen-bond acceptors (Lipinski definition) is 3. The van der Waals surface area contributed by atoms with Crippen LogP contribution in [0.15, 0.2) is 24.8 Å². The van der Waals surface area contributed by atoms with Crippen molar-refractivity contribution in [2.75, 3.05) is 0 Å². The Morgan fingerprint density at radius 2 is 2.05 bits per heavy atom. The molecule has 0 radical (unpaired) electrons. The van der Waals surface area contributed by atoms with Crippen LogP contribution >= 0.6 is 0 Å². The molecule has 0 spiro atoms. The van der Waals surface area contributed by atoms with E-state index in [1.165, 1.54) is 11.4 Å². The fourth-order valence-corrected chi connectivity index (χ4v) is 1.93. The van der Waals surface area contributed by atoms with Gasteiger partial charge in [0.15, 0.2) is 0 Å². The zero-order valence-electron chi connectivity index (χ0n) is 12.2. The third kappa shape index (κ3) is 3.92. The van der Waals surface area contributed by atoms with Crippen LogP contribution < -0.4 is 5.32 Å². The molecule has 19 heavy (non-hydrogen) atoms. The molecule has 0 saturated carbocycles. The van der Waals surface area contributed by atoms with Gasteiger partial charge in [0, 0.05) is 50.2 Å². The van der Waals surface area contributed by atoms with Crippen molar-refractivity contribution >= 4 is 0 Å². The summed E-state index contributed by atoms with van der Waals surface area (Å²) < 4.78 is 4.12. The minimum Gasteiger partial charge on any atom is -0.333 e. The molecule has 0 aliphatic rings. The van der Waals surface area contributed by atoms with E-state index in [0.717, 1.165) is 19.5 Å². The normalized spacial score (nSPS) is 12.0. The van der Waals surface area contributed by atoms with E-state index >= 15 is 0 Å². The number of aromatic nitrogens is 4.